The summed E-state index contributed by atoms with van der Waals surface area (Å²) in [6.07, 6.45) is -0.541. The first-order valence-corrected chi connectivity index (χ1v) is 8.95. The highest BCUT2D eigenvalue weighted by Crippen LogP contribution is 2.19. The Morgan fingerprint density at radius 1 is 1.00 bits per heavy atom. The zero-order chi connectivity index (χ0) is 22.3. The molecule has 0 heterocycles. The van der Waals surface area contributed by atoms with Crippen LogP contribution >= 0.6 is 0 Å². The van der Waals surface area contributed by atoms with Gasteiger partial charge in [-0.2, -0.15) is 0 Å². The van der Waals surface area contributed by atoms with E-state index in [0.717, 1.165) is 0 Å². The van der Waals surface area contributed by atoms with Crippen LogP contribution in [0.3, 0.4) is 0 Å². The summed E-state index contributed by atoms with van der Waals surface area (Å²) in [6.45, 7) is 1.17. The lowest BCUT2D eigenvalue weighted by Crippen LogP contribution is -2.52. The number of para-hydroxylation sites is 1. The fourth-order valence-electron chi connectivity index (χ4n) is 2.89. The van der Waals surface area contributed by atoms with Gasteiger partial charge >= 0.3 is 5.97 Å². The molecule has 0 saturated heterocycles. The number of carbonyl (C=O) groups is 3. The van der Waals surface area contributed by atoms with Crippen molar-refractivity contribution in [1.82, 2.24) is 10.6 Å². The molecule has 9 nitrogen and oxygen atoms in total. The van der Waals surface area contributed by atoms with Crippen LogP contribution < -0.4 is 10.6 Å². The molecule has 0 saturated carbocycles. The van der Waals surface area contributed by atoms with Crippen molar-refractivity contribution in [3.63, 3.8) is 0 Å². The Balaban J connectivity index is 2.22. The van der Waals surface area contributed by atoms with Gasteiger partial charge in [-0.15, -0.1) is 0 Å². The number of hydrogen-bond donors (Lipinski definition) is 3. The first-order valence-electron chi connectivity index (χ1n) is 8.95. The predicted octanol–water partition coefficient (Wildman–Crippen LogP) is 1.59. The van der Waals surface area contributed by atoms with E-state index in [1.54, 1.807) is 6.07 Å². The third-order valence-corrected chi connectivity index (χ3v) is 4.30. The molecule has 0 spiro atoms. The summed E-state index contributed by atoms with van der Waals surface area (Å²) in [5.74, 6) is -3.39. The van der Waals surface area contributed by atoms with E-state index in [0.29, 0.717) is 0 Å². The van der Waals surface area contributed by atoms with E-state index in [1.165, 1.54) is 49.4 Å². The molecule has 158 valence electrons. The van der Waals surface area contributed by atoms with Gasteiger partial charge in [-0.1, -0.05) is 36.4 Å². The summed E-state index contributed by atoms with van der Waals surface area (Å²) in [6, 6.07) is 8.54. The zero-order valence-corrected chi connectivity index (χ0v) is 16.0. The number of carbonyl (C=O) groups excluding carboxylic acids is 2. The monoisotopic (exact) mass is 417 g/mol. The van der Waals surface area contributed by atoms with Crippen LogP contribution in [0.15, 0.2) is 48.5 Å². The summed E-state index contributed by atoms with van der Waals surface area (Å²) in [4.78, 5) is 46.3. The van der Waals surface area contributed by atoms with Crippen molar-refractivity contribution in [2.45, 2.75) is 31.8 Å². The molecule has 0 aromatic heterocycles. The van der Waals surface area contributed by atoms with Crippen molar-refractivity contribution < 1.29 is 28.8 Å². The highest BCUT2D eigenvalue weighted by atomic mass is 19.1. The average Bonchev–Trinajstić information content (AvgIpc) is 2.68. The van der Waals surface area contributed by atoms with Crippen LogP contribution in [0.1, 0.15) is 18.1 Å². The quantitative estimate of drug-likeness (QED) is 0.418. The number of nitro benzene ring substituents is 1. The number of nitro groups is 1. The second-order valence-corrected chi connectivity index (χ2v) is 6.54. The lowest BCUT2D eigenvalue weighted by atomic mass is 10.0. The number of benzene rings is 2. The molecular formula is C20H20FN3O6. The molecule has 0 bridgehead atoms. The molecular weight excluding hydrogens is 397 g/mol. The standard InChI is InChI=1S/C20H20FN3O6/c1-12(25)22-16(10-13-6-2-4-8-15(13)21)19(26)23-17(20(27)28)11-14-7-3-5-9-18(14)24(29)30/h2-9,16-17H,10-11H2,1H3,(H,22,25)(H,23,26)(H,27,28)/t16-,17+/m0/s1. The van der Waals surface area contributed by atoms with E-state index < -0.39 is 40.6 Å². The molecule has 2 amide bonds. The number of carboxylic acids is 1. The molecule has 3 N–H and O–H groups in total. The molecule has 0 aliphatic rings. The lowest BCUT2D eigenvalue weighted by Gasteiger charge is -2.21. The first kappa shape index (κ1) is 22.5. The van der Waals surface area contributed by atoms with Crippen LogP contribution in [0.5, 0.6) is 0 Å². The Hall–Kier alpha value is -3.82. The van der Waals surface area contributed by atoms with E-state index >= 15 is 0 Å². The maximum atomic E-state index is 13.9. The van der Waals surface area contributed by atoms with Crippen LogP contribution in [0.2, 0.25) is 0 Å². The van der Waals surface area contributed by atoms with Crippen LogP contribution in [0, 0.1) is 15.9 Å². The van der Waals surface area contributed by atoms with E-state index in [-0.39, 0.29) is 29.7 Å². The Kier molecular flexibility index (Phi) is 7.56. The van der Waals surface area contributed by atoms with Crippen molar-refractivity contribution >= 4 is 23.5 Å². The molecule has 0 fully saturated rings. The molecule has 2 rings (SSSR count). The summed E-state index contributed by atoms with van der Waals surface area (Å²) < 4.78 is 13.9. The Bertz CT molecular complexity index is 965. The minimum absolute atomic E-state index is 0.125. The maximum absolute atomic E-state index is 13.9. The van der Waals surface area contributed by atoms with Gasteiger partial charge in [-0.3, -0.25) is 19.7 Å². The highest BCUT2D eigenvalue weighted by Gasteiger charge is 2.28. The summed E-state index contributed by atoms with van der Waals surface area (Å²) in [5, 5.41) is 25.3. The first-order chi connectivity index (χ1) is 14.2. The van der Waals surface area contributed by atoms with Crippen molar-refractivity contribution in [1.29, 1.82) is 0 Å². The van der Waals surface area contributed by atoms with E-state index in [1.807, 2.05) is 0 Å². The number of rotatable bonds is 9. The van der Waals surface area contributed by atoms with Crippen molar-refractivity contribution in [3.05, 3.63) is 75.6 Å². The van der Waals surface area contributed by atoms with E-state index in [9.17, 15) is 34.0 Å². The number of nitrogens with one attached hydrogen (secondary N) is 2. The van der Waals surface area contributed by atoms with Crippen molar-refractivity contribution in [2.75, 3.05) is 0 Å². The second-order valence-electron chi connectivity index (χ2n) is 6.54. The number of nitrogens with zero attached hydrogens (tertiary/aromatic N) is 1. The SMILES string of the molecule is CC(=O)N[C@@H](Cc1ccccc1F)C(=O)N[C@H](Cc1ccccc1[N+](=O)[O-])C(=O)O. The maximum Gasteiger partial charge on any atom is 0.326 e. The molecule has 10 heteroatoms. The fourth-order valence-corrected chi connectivity index (χ4v) is 2.89. The Labute approximate surface area is 171 Å². The lowest BCUT2D eigenvalue weighted by molar-refractivity contribution is -0.385. The molecule has 30 heavy (non-hydrogen) atoms. The van der Waals surface area contributed by atoms with E-state index in [4.69, 9.17) is 0 Å². The summed E-state index contributed by atoms with van der Waals surface area (Å²) in [7, 11) is 0. The molecule has 0 aliphatic carbocycles. The molecule has 0 aliphatic heterocycles. The Morgan fingerprint density at radius 3 is 2.13 bits per heavy atom. The van der Waals surface area contributed by atoms with Gasteiger partial charge in [-0.05, 0) is 11.6 Å². The fraction of sp³-hybridized carbons (Fsp3) is 0.250. The molecule has 2 aromatic carbocycles. The van der Waals surface area contributed by atoms with Gasteiger partial charge in [0.2, 0.25) is 11.8 Å². The minimum atomic E-state index is -1.49. The van der Waals surface area contributed by atoms with Gasteiger partial charge in [0.25, 0.3) is 5.69 Å². The number of hydrogen-bond acceptors (Lipinski definition) is 5. The van der Waals surface area contributed by atoms with Gasteiger partial charge in [-0.25, -0.2) is 9.18 Å². The normalized spacial score (nSPS) is 12.5. The number of aliphatic carboxylic acids is 1. The number of halogens is 1. The zero-order valence-electron chi connectivity index (χ0n) is 16.0. The molecule has 0 radical (unpaired) electrons. The number of carboxylic acid groups (broad SMARTS) is 1. The third-order valence-electron chi connectivity index (χ3n) is 4.30. The molecule has 0 unspecified atom stereocenters. The average molecular weight is 417 g/mol. The molecule has 2 atom stereocenters. The second kappa shape index (κ2) is 10.1. The summed E-state index contributed by atoms with van der Waals surface area (Å²) in [5.41, 5.74) is 0.0140. The highest BCUT2D eigenvalue weighted by molar-refractivity contribution is 5.90. The summed E-state index contributed by atoms with van der Waals surface area (Å²) >= 11 is 0. The van der Waals surface area contributed by atoms with Crippen molar-refractivity contribution in [3.8, 4) is 0 Å². The van der Waals surface area contributed by atoms with Crippen LogP contribution in [0.25, 0.3) is 0 Å². The van der Waals surface area contributed by atoms with Crippen molar-refractivity contribution in [2.24, 2.45) is 0 Å². The van der Waals surface area contributed by atoms with Gasteiger partial charge < -0.3 is 15.7 Å². The minimum Gasteiger partial charge on any atom is -0.480 e. The van der Waals surface area contributed by atoms with Gasteiger partial charge in [0.1, 0.15) is 17.9 Å². The largest absolute Gasteiger partial charge is 0.480 e. The topological polar surface area (TPSA) is 139 Å². The number of amides is 2. The van der Waals surface area contributed by atoms with Crippen LogP contribution in [0.4, 0.5) is 10.1 Å². The van der Waals surface area contributed by atoms with Crippen LogP contribution in [-0.2, 0) is 27.2 Å². The Morgan fingerprint density at radius 2 is 1.57 bits per heavy atom. The predicted molar refractivity (Wildman–Crippen MR) is 104 cm³/mol. The molecule has 2 aromatic rings. The van der Waals surface area contributed by atoms with Gasteiger partial charge in [0, 0.05) is 31.4 Å². The smallest absolute Gasteiger partial charge is 0.326 e. The van der Waals surface area contributed by atoms with Crippen LogP contribution in [-0.4, -0.2) is 39.9 Å². The van der Waals surface area contributed by atoms with Gasteiger partial charge in [0.15, 0.2) is 0 Å². The van der Waals surface area contributed by atoms with E-state index in [2.05, 4.69) is 10.6 Å². The van der Waals surface area contributed by atoms with Gasteiger partial charge in [0.05, 0.1) is 4.92 Å². The third kappa shape index (κ3) is 6.09.